The molecule has 0 unspecified atom stereocenters. The maximum Gasteiger partial charge on any atom is 0.340 e. The van der Waals surface area contributed by atoms with Crippen LogP contribution in [0.2, 0.25) is 0 Å². The molecule has 0 fully saturated rings. The summed E-state index contributed by atoms with van der Waals surface area (Å²) in [7, 11) is 1.53. The zero-order valence-corrected chi connectivity index (χ0v) is 13.2. The van der Waals surface area contributed by atoms with Gasteiger partial charge in [-0.05, 0) is 18.6 Å². The van der Waals surface area contributed by atoms with Gasteiger partial charge in [-0.25, -0.2) is 4.79 Å². The SMILES string of the molecule is CCCCCCCCCOC(=O)c1cccc(OC)c1N. The molecule has 0 atom stereocenters. The molecule has 0 aromatic heterocycles. The largest absolute Gasteiger partial charge is 0.495 e. The van der Waals surface area contributed by atoms with Crippen LogP contribution in [0.1, 0.15) is 62.2 Å². The van der Waals surface area contributed by atoms with E-state index in [1.807, 2.05) is 0 Å². The van der Waals surface area contributed by atoms with E-state index in [-0.39, 0.29) is 5.97 Å². The summed E-state index contributed by atoms with van der Waals surface area (Å²) in [6.45, 7) is 2.66. The molecule has 0 aliphatic carbocycles. The van der Waals surface area contributed by atoms with Crippen molar-refractivity contribution in [1.29, 1.82) is 0 Å². The van der Waals surface area contributed by atoms with Gasteiger partial charge < -0.3 is 15.2 Å². The molecular formula is C17H27NO3. The van der Waals surface area contributed by atoms with Gasteiger partial charge in [-0.15, -0.1) is 0 Å². The van der Waals surface area contributed by atoms with E-state index in [9.17, 15) is 4.79 Å². The highest BCUT2D eigenvalue weighted by Gasteiger charge is 2.13. The van der Waals surface area contributed by atoms with Crippen LogP contribution in [0.15, 0.2) is 18.2 Å². The third-order valence-corrected chi connectivity index (χ3v) is 3.49. The summed E-state index contributed by atoms with van der Waals surface area (Å²) < 4.78 is 10.4. The second-order valence-electron chi connectivity index (χ2n) is 5.18. The molecule has 0 saturated carbocycles. The van der Waals surface area contributed by atoms with Crippen molar-refractivity contribution >= 4 is 11.7 Å². The van der Waals surface area contributed by atoms with Crippen molar-refractivity contribution in [3.05, 3.63) is 23.8 Å². The number of hydrogen-bond acceptors (Lipinski definition) is 4. The number of anilines is 1. The predicted molar refractivity (Wildman–Crippen MR) is 85.7 cm³/mol. The number of para-hydroxylation sites is 1. The summed E-state index contributed by atoms with van der Waals surface area (Å²) in [5.74, 6) is 0.123. The third kappa shape index (κ3) is 6.06. The van der Waals surface area contributed by atoms with Crippen LogP contribution in [0.25, 0.3) is 0 Å². The lowest BCUT2D eigenvalue weighted by Gasteiger charge is -2.09. The normalized spacial score (nSPS) is 10.4. The van der Waals surface area contributed by atoms with E-state index in [2.05, 4.69) is 6.92 Å². The maximum absolute atomic E-state index is 11.9. The van der Waals surface area contributed by atoms with Crippen molar-refractivity contribution in [2.75, 3.05) is 19.5 Å². The van der Waals surface area contributed by atoms with E-state index in [1.165, 1.54) is 39.2 Å². The Balaban J connectivity index is 2.25. The number of rotatable bonds is 10. The first-order chi connectivity index (χ1) is 10.2. The molecule has 0 spiro atoms. The fourth-order valence-electron chi connectivity index (χ4n) is 2.20. The minimum absolute atomic E-state index is 0.338. The highest BCUT2D eigenvalue weighted by Crippen LogP contribution is 2.25. The van der Waals surface area contributed by atoms with E-state index in [4.69, 9.17) is 15.2 Å². The standard InChI is InChI=1S/C17H27NO3/c1-3-4-5-6-7-8-9-13-21-17(19)14-11-10-12-15(20-2)16(14)18/h10-12H,3-9,13,18H2,1-2H3. The molecule has 118 valence electrons. The van der Waals surface area contributed by atoms with Crippen molar-refractivity contribution in [1.82, 2.24) is 0 Å². The van der Waals surface area contributed by atoms with Crippen LogP contribution in [0, 0.1) is 0 Å². The lowest BCUT2D eigenvalue weighted by Crippen LogP contribution is -2.10. The number of nitrogen functional groups attached to an aromatic ring is 1. The number of carbonyl (C=O) groups is 1. The zero-order chi connectivity index (χ0) is 15.5. The monoisotopic (exact) mass is 293 g/mol. The van der Waals surface area contributed by atoms with E-state index in [1.54, 1.807) is 18.2 Å². The Morgan fingerprint density at radius 1 is 1.10 bits per heavy atom. The first kappa shape index (κ1) is 17.3. The fourth-order valence-corrected chi connectivity index (χ4v) is 2.20. The van der Waals surface area contributed by atoms with Gasteiger partial charge in [0.1, 0.15) is 5.75 Å². The van der Waals surface area contributed by atoms with E-state index in [0.29, 0.717) is 23.6 Å². The van der Waals surface area contributed by atoms with Crippen LogP contribution in [0.5, 0.6) is 5.75 Å². The van der Waals surface area contributed by atoms with Gasteiger partial charge in [0.25, 0.3) is 0 Å². The molecule has 0 aliphatic rings. The van der Waals surface area contributed by atoms with Gasteiger partial charge in [0.2, 0.25) is 0 Å². The molecule has 0 amide bonds. The number of unbranched alkanes of at least 4 members (excludes halogenated alkanes) is 6. The molecule has 2 N–H and O–H groups in total. The molecular weight excluding hydrogens is 266 g/mol. The van der Waals surface area contributed by atoms with Gasteiger partial charge in [-0.2, -0.15) is 0 Å². The smallest absolute Gasteiger partial charge is 0.340 e. The Labute approximate surface area is 127 Å². The summed E-state index contributed by atoms with van der Waals surface area (Å²) in [5.41, 5.74) is 6.58. The van der Waals surface area contributed by atoms with Crippen LogP contribution in [0.4, 0.5) is 5.69 Å². The highest BCUT2D eigenvalue weighted by molar-refractivity contribution is 5.96. The van der Waals surface area contributed by atoms with Gasteiger partial charge in [0, 0.05) is 0 Å². The van der Waals surface area contributed by atoms with Gasteiger partial charge in [0.15, 0.2) is 0 Å². The van der Waals surface area contributed by atoms with Crippen LogP contribution in [-0.4, -0.2) is 19.7 Å². The Bertz CT molecular complexity index is 432. The number of benzene rings is 1. The number of ether oxygens (including phenoxy) is 2. The van der Waals surface area contributed by atoms with Crippen LogP contribution < -0.4 is 10.5 Å². The fraction of sp³-hybridized carbons (Fsp3) is 0.588. The molecule has 4 heteroatoms. The number of esters is 1. The number of methoxy groups -OCH3 is 1. The molecule has 0 aliphatic heterocycles. The summed E-state index contributed by atoms with van der Waals surface area (Å²) in [6, 6.07) is 5.12. The minimum Gasteiger partial charge on any atom is -0.495 e. The van der Waals surface area contributed by atoms with E-state index >= 15 is 0 Å². The summed E-state index contributed by atoms with van der Waals surface area (Å²) in [5, 5.41) is 0. The summed E-state index contributed by atoms with van der Waals surface area (Å²) in [4.78, 5) is 11.9. The Hall–Kier alpha value is -1.71. The molecule has 1 rings (SSSR count). The average Bonchev–Trinajstić information content (AvgIpc) is 2.50. The molecule has 1 aromatic carbocycles. The lowest BCUT2D eigenvalue weighted by atomic mass is 10.1. The van der Waals surface area contributed by atoms with Crippen LogP contribution >= 0.6 is 0 Å². The van der Waals surface area contributed by atoms with E-state index < -0.39 is 0 Å². The van der Waals surface area contributed by atoms with Crippen molar-refractivity contribution in [3.63, 3.8) is 0 Å². The molecule has 0 saturated heterocycles. The quantitative estimate of drug-likeness (QED) is 0.399. The topological polar surface area (TPSA) is 61.5 Å². The van der Waals surface area contributed by atoms with Gasteiger partial charge in [0.05, 0.1) is 25.0 Å². The molecule has 0 radical (unpaired) electrons. The lowest BCUT2D eigenvalue weighted by molar-refractivity contribution is 0.0498. The van der Waals surface area contributed by atoms with Crippen molar-refractivity contribution in [2.24, 2.45) is 0 Å². The van der Waals surface area contributed by atoms with Crippen molar-refractivity contribution < 1.29 is 14.3 Å². The molecule has 4 nitrogen and oxygen atoms in total. The molecule has 1 aromatic rings. The Morgan fingerprint density at radius 2 is 1.76 bits per heavy atom. The van der Waals surface area contributed by atoms with E-state index in [0.717, 1.165) is 12.8 Å². The number of nitrogens with two attached hydrogens (primary N) is 1. The third-order valence-electron chi connectivity index (χ3n) is 3.49. The Kier molecular flexibility index (Phi) is 8.32. The van der Waals surface area contributed by atoms with Gasteiger partial charge in [-0.3, -0.25) is 0 Å². The number of hydrogen-bond donors (Lipinski definition) is 1. The van der Waals surface area contributed by atoms with Crippen LogP contribution in [-0.2, 0) is 4.74 Å². The van der Waals surface area contributed by atoms with Crippen molar-refractivity contribution in [2.45, 2.75) is 51.9 Å². The number of carbonyl (C=O) groups excluding carboxylic acids is 1. The Morgan fingerprint density at radius 3 is 2.43 bits per heavy atom. The second-order valence-corrected chi connectivity index (χ2v) is 5.18. The molecule has 0 bridgehead atoms. The zero-order valence-electron chi connectivity index (χ0n) is 13.2. The maximum atomic E-state index is 11.9. The second kappa shape index (κ2) is 10.1. The summed E-state index contributed by atoms with van der Waals surface area (Å²) in [6.07, 6.45) is 8.36. The summed E-state index contributed by atoms with van der Waals surface area (Å²) >= 11 is 0. The average molecular weight is 293 g/mol. The molecule has 0 heterocycles. The highest BCUT2D eigenvalue weighted by atomic mass is 16.5. The first-order valence-electron chi connectivity index (χ1n) is 7.80. The predicted octanol–water partition coefficient (Wildman–Crippen LogP) is 4.18. The minimum atomic E-state index is -0.377. The van der Waals surface area contributed by atoms with Gasteiger partial charge in [-0.1, -0.05) is 51.5 Å². The van der Waals surface area contributed by atoms with Gasteiger partial charge >= 0.3 is 5.97 Å². The van der Waals surface area contributed by atoms with Crippen molar-refractivity contribution in [3.8, 4) is 5.75 Å². The van der Waals surface area contributed by atoms with Crippen LogP contribution in [0.3, 0.4) is 0 Å². The first-order valence-corrected chi connectivity index (χ1v) is 7.80. The molecule has 21 heavy (non-hydrogen) atoms.